The second-order valence-corrected chi connectivity index (χ2v) is 7.60. The van der Waals surface area contributed by atoms with E-state index in [-0.39, 0.29) is 17.8 Å². The molecular weight excluding hydrogens is 376 g/mol. The fraction of sp³-hybridized carbons (Fsp3) is 0.368. The Labute approximate surface area is 166 Å². The molecule has 1 aromatic carbocycles. The van der Waals surface area contributed by atoms with Gasteiger partial charge in [0.2, 0.25) is 5.91 Å². The van der Waals surface area contributed by atoms with Gasteiger partial charge in [-0.15, -0.1) is 0 Å². The van der Waals surface area contributed by atoms with Crippen molar-refractivity contribution in [1.82, 2.24) is 20.2 Å². The fourth-order valence-corrected chi connectivity index (χ4v) is 3.71. The summed E-state index contributed by atoms with van der Waals surface area (Å²) < 4.78 is 5.68. The number of hydrogen-bond acceptors (Lipinski definition) is 7. The molecule has 1 fully saturated rings. The van der Waals surface area contributed by atoms with Crippen LogP contribution in [0.2, 0.25) is 0 Å². The Bertz CT molecular complexity index is 970. The van der Waals surface area contributed by atoms with Gasteiger partial charge < -0.3 is 15.4 Å². The standard InChI is InChI=1S/C19H22N6O2S/c1-12-9-16(25-24-12)22-17(26)11-28-19-21-15-7-3-2-6-14(15)18(23-19)20-10-13-5-4-8-27-13/h2-3,6-7,9,13H,4-5,8,10-11H2,1H3,(H,20,21,23)(H2,22,24,25,26)/t13-/m0/s1. The van der Waals surface area contributed by atoms with Gasteiger partial charge in [0.1, 0.15) is 5.82 Å². The van der Waals surface area contributed by atoms with E-state index in [1.807, 2.05) is 31.2 Å². The molecule has 1 atom stereocenters. The average molecular weight is 398 g/mol. The van der Waals surface area contributed by atoms with Gasteiger partial charge >= 0.3 is 0 Å². The van der Waals surface area contributed by atoms with Crippen LogP contribution in [0.1, 0.15) is 18.5 Å². The summed E-state index contributed by atoms with van der Waals surface area (Å²) >= 11 is 1.30. The van der Waals surface area contributed by atoms with Crippen molar-refractivity contribution in [2.24, 2.45) is 0 Å². The van der Waals surface area contributed by atoms with Gasteiger partial charge in [-0.3, -0.25) is 9.89 Å². The van der Waals surface area contributed by atoms with E-state index in [4.69, 9.17) is 4.74 Å². The molecule has 0 bridgehead atoms. The van der Waals surface area contributed by atoms with Crippen LogP contribution < -0.4 is 10.6 Å². The Morgan fingerprint density at radius 2 is 2.25 bits per heavy atom. The number of hydrogen-bond donors (Lipinski definition) is 3. The van der Waals surface area contributed by atoms with Crippen LogP contribution in [0.3, 0.4) is 0 Å². The van der Waals surface area contributed by atoms with E-state index in [1.165, 1.54) is 11.8 Å². The number of benzene rings is 1. The summed E-state index contributed by atoms with van der Waals surface area (Å²) in [4.78, 5) is 21.4. The van der Waals surface area contributed by atoms with E-state index < -0.39 is 0 Å². The number of carbonyl (C=O) groups excluding carboxylic acids is 1. The highest BCUT2D eigenvalue weighted by Crippen LogP contribution is 2.25. The average Bonchev–Trinajstić information content (AvgIpc) is 3.36. The van der Waals surface area contributed by atoms with Gasteiger partial charge in [-0.05, 0) is 31.9 Å². The number of ether oxygens (including phenoxy) is 1. The minimum Gasteiger partial charge on any atom is -0.376 e. The molecule has 9 heteroatoms. The van der Waals surface area contributed by atoms with E-state index in [0.717, 1.165) is 41.9 Å². The van der Waals surface area contributed by atoms with E-state index in [0.29, 0.717) is 17.5 Å². The number of thioether (sulfide) groups is 1. The first-order valence-corrected chi connectivity index (χ1v) is 10.2. The molecule has 1 amide bonds. The van der Waals surface area contributed by atoms with Crippen LogP contribution in [0.25, 0.3) is 10.9 Å². The van der Waals surface area contributed by atoms with Gasteiger partial charge in [0, 0.05) is 30.3 Å². The molecule has 1 aliphatic heterocycles. The lowest BCUT2D eigenvalue weighted by molar-refractivity contribution is -0.113. The molecule has 3 aromatic rings. The lowest BCUT2D eigenvalue weighted by atomic mass is 10.2. The Balaban J connectivity index is 1.44. The molecule has 0 saturated carbocycles. The third-order valence-electron chi connectivity index (χ3n) is 4.41. The number of carbonyl (C=O) groups is 1. The van der Waals surface area contributed by atoms with Crippen LogP contribution in [-0.2, 0) is 9.53 Å². The number of rotatable bonds is 7. The van der Waals surface area contributed by atoms with Crippen molar-refractivity contribution in [2.75, 3.05) is 29.5 Å². The summed E-state index contributed by atoms with van der Waals surface area (Å²) in [5, 5.41) is 14.5. The van der Waals surface area contributed by atoms with Crippen LogP contribution in [0.4, 0.5) is 11.6 Å². The van der Waals surface area contributed by atoms with E-state index >= 15 is 0 Å². The quantitative estimate of drug-likeness (QED) is 0.415. The highest BCUT2D eigenvalue weighted by atomic mass is 32.2. The van der Waals surface area contributed by atoms with E-state index in [9.17, 15) is 4.79 Å². The summed E-state index contributed by atoms with van der Waals surface area (Å²) in [5.41, 5.74) is 1.74. The summed E-state index contributed by atoms with van der Waals surface area (Å²) in [6, 6.07) is 9.64. The van der Waals surface area contributed by atoms with Gasteiger partial charge in [0.15, 0.2) is 11.0 Å². The number of fused-ring (bicyclic) bond motifs is 1. The molecule has 8 nitrogen and oxygen atoms in total. The van der Waals surface area contributed by atoms with Crippen molar-refractivity contribution < 1.29 is 9.53 Å². The minimum atomic E-state index is -0.151. The zero-order valence-corrected chi connectivity index (χ0v) is 16.4. The van der Waals surface area contributed by atoms with Crippen molar-refractivity contribution >= 4 is 40.2 Å². The van der Waals surface area contributed by atoms with Gasteiger partial charge in [-0.2, -0.15) is 5.10 Å². The molecule has 3 N–H and O–H groups in total. The van der Waals surface area contributed by atoms with Gasteiger partial charge in [-0.25, -0.2) is 9.97 Å². The Morgan fingerprint density at radius 1 is 1.36 bits per heavy atom. The molecule has 0 radical (unpaired) electrons. The second kappa shape index (κ2) is 8.57. The van der Waals surface area contributed by atoms with Crippen molar-refractivity contribution in [1.29, 1.82) is 0 Å². The number of nitrogens with zero attached hydrogens (tertiary/aromatic N) is 3. The largest absolute Gasteiger partial charge is 0.376 e. The maximum absolute atomic E-state index is 12.2. The van der Waals surface area contributed by atoms with Gasteiger partial charge in [0.25, 0.3) is 0 Å². The Hall–Kier alpha value is -2.65. The minimum absolute atomic E-state index is 0.151. The molecular formula is C19H22N6O2S. The second-order valence-electron chi connectivity index (χ2n) is 6.66. The molecule has 4 rings (SSSR count). The Kier molecular flexibility index (Phi) is 5.73. The van der Waals surface area contributed by atoms with Crippen LogP contribution in [0, 0.1) is 6.92 Å². The molecule has 3 heterocycles. The summed E-state index contributed by atoms with van der Waals surface area (Å²) in [6.45, 7) is 3.41. The summed E-state index contributed by atoms with van der Waals surface area (Å²) in [5.74, 6) is 1.34. The number of nitrogens with one attached hydrogen (secondary N) is 3. The number of amides is 1. The third-order valence-corrected chi connectivity index (χ3v) is 5.26. The monoisotopic (exact) mass is 398 g/mol. The molecule has 0 unspecified atom stereocenters. The van der Waals surface area contributed by atoms with Gasteiger partial charge in [0.05, 0.1) is 17.4 Å². The molecule has 1 aliphatic rings. The number of anilines is 2. The highest BCUT2D eigenvalue weighted by molar-refractivity contribution is 7.99. The topological polar surface area (TPSA) is 105 Å². The highest BCUT2D eigenvalue weighted by Gasteiger charge is 2.17. The molecule has 146 valence electrons. The molecule has 28 heavy (non-hydrogen) atoms. The normalized spacial score (nSPS) is 16.4. The lowest BCUT2D eigenvalue weighted by Crippen LogP contribution is -2.19. The molecule has 0 aliphatic carbocycles. The van der Waals surface area contributed by atoms with Crippen molar-refractivity contribution in [2.45, 2.75) is 31.0 Å². The maximum Gasteiger partial charge on any atom is 0.236 e. The van der Waals surface area contributed by atoms with Crippen LogP contribution in [0.15, 0.2) is 35.5 Å². The SMILES string of the molecule is Cc1cc(NC(=O)CSc2nc(NC[C@@H]3CCCO3)c3ccccc3n2)n[nH]1. The first-order chi connectivity index (χ1) is 13.7. The number of para-hydroxylation sites is 1. The summed E-state index contributed by atoms with van der Waals surface area (Å²) in [6.07, 6.45) is 2.38. The predicted molar refractivity (Wildman–Crippen MR) is 110 cm³/mol. The van der Waals surface area contributed by atoms with Crippen molar-refractivity contribution in [3.63, 3.8) is 0 Å². The molecule has 0 spiro atoms. The molecule has 2 aromatic heterocycles. The number of aryl methyl sites for hydroxylation is 1. The zero-order valence-electron chi connectivity index (χ0n) is 15.6. The van der Waals surface area contributed by atoms with Crippen molar-refractivity contribution in [3.05, 3.63) is 36.0 Å². The number of aromatic nitrogens is 4. The van der Waals surface area contributed by atoms with Crippen LogP contribution in [0.5, 0.6) is 0 Å². The maximum atomic E-state index is 12.2. The molecule has 1 saturated heterocycles. The lowest BCUT2D eigenvalue weighted by Gasteiger charge is -2.13. The Morgan fingerprint density at radius 3 is 3.04 bits per heavy atom. The summed E-state index contributed by atoms with van der Waals surface area (Å²) in [7, 11) is 0. The predicted octanol–water partition coefficient (Wildman–Crippen LogP) is 2.98. The first-order valence-electron chi connectivity index (χ1n) is 9.24. The smallest absolute Gasteiger partial charge is 0.236 e. The van der Waals surface area contributed by atoms with E-state index in [1.54, 1.807) is 6.07 Å². The number of H-pyrrole nitrogens is 1. The first kappa shape index (κ1) is 18.7. The number of aromatic amines is 1. The zero-order chi connectivity index (χ0) is 19.3. The van der Waals surface area contributed by atoms with Crippen LogP contribution >= 0.6 is 11.8 Å². The van der Waals surface area contributed by atoms with Gasteiger partial charge in [-0.1, -0.05) is 23.9 Å². The van der Waals surface area contributed by atoms with Crippen molar-refractivity contribution in [3.8, 4) is 0 Å². The fourth-order valence-electron chi connectivity index (χ4n) is 3.06. The van der Waals surface area contributed by atoms with E-state index in [2.05, 4.69) is 30.8 Å². The third kappa shape index (κ3) is 4.60. The van der Waals surface area contributed by atoms with Crippen LogP contribution in [-0.4, -0.2) is 51.1 Å².